The summed E-state index contributed by atoms with van der Waals surface area (Å²) in [5, 5.41) is 0. The molecule has 2 aromatic rings. The number of hydrogen-bond donors (Lipinski definition) is 1. The standard InChI is InChI=1S/C16H14F3N/c17-13-6-11(7-14(18)16(13)19)15(20)8-10-5-9-3-1-2-4-12(9)10/h1-4,6-7,10,15H,5,8,20H2. The fourth-order valence-corrected chi connectivity index (χ4v) is 2.80. The molecule has 1 nitrogen and oxygen atoms in total. The van der Waals surface area contributed by atoms with E-state index < -0.39 is 23.5 Å². The molecule has 0 heterocycles. The van der Waals surface area contributed by atoms with Crippen LogP contribution < -0.4 is 5.73 Å². The van der Waals surface area contributed by atoms with E-state index in [-0.39, 0.29) is 0 Å². The molecule has 0 aromatic heterocycles. The second-order valence-electron chi connectivity index (χ2n) is 5.24. The van der Waals surface area contributed by atoms with E-state index in [0.717, 1.165) is 18.6 Å². The van der Waals surface area contributed by atoms with Gasteiger partial charge in [-0.1, -0.05) is 24.3 Å². The van der Waals surface area contributed by atoms with Crippen LogP contribution in [-0.2, 0) is 6.42 Å². The van der Waals surface area contributed by atoms with Crippen LogP contribution in [-0.4, -0.2) is 0 Å². The Labute approximate surface area is 115 Å². The molecule has 104 valence electrons. The lowest BCUT2D eigenvalue weighted by Crippen LogP contribution is -2.23. The van der Waals surface area contributed by atoms with E-state index >= 15 is 0 Å². The van der Waals surface area contributed by atoms with Crippen molar-refractivity contribution < 1.29 is 13.2 Å². The zero-order valence-corrected chi connectivity index (χ0v) is 10.7. The van der Waals surface area contributed by atoms with Crippen LogP contribution in [0.5, 0.6) is 0 Å². The third-order valence-electron chi connectivity index (χ3n) is 3.93. The Balaban J connectivity index is 1.77. The highest BCUT2D eigenvalue weighted by Gasteiger charge is 2.28. The van der Waals surface area contributed by atoms with Crippen LogP contribution in [0.25, 0.3) is 0 Å². The fourth-order valence-electron chi connectivity index (χ4n) is 2.80. The van der Waals surface area contributed by atoms with E-state index in [1.807, 2.05) is 18.2 Å². The zero-order valence-electron chi connectivity index (χ0n) is 10.7. The van der Waals surface area contributed by atoms with E-state index in [1.54, 1.807) is 0 Å². The van der Waals surface area contributed by atoms with Gasteiger partial charge in [0.1, 0.15) is 0 Å². The van der Waals surface area contributed by atoms with Crippen LogP contribution in [0.2, 0.25) is 0 Å². The molecule has 0 fully saturated rings. The molecule has 0 aliphatic heterocycles. The van der Waals surface area contributed by atoms with Crippen molar-refractivity contribution >= 4 is 0 Å². The lowest BCUT2D eigenvalue weighted by atomic mass is 9.74. The molecule has 0 spiro atoms. The normalized spacial score (nSPS) is 18.3. The van der Waals surface area contributed by atoms with Crippen molar-refractivity contribution in [3.05, 3.63) is 70.5 Å². The third kappa shape index (κ3) is 2.20. The first-order valence-electron chi connectivity index (χ1n) is 6.54. The average molecular weight is 277 g/mol. The number of fused-ring (bicyclic) bond motifs is 1. The monoisotopic (exact) mass is 277 g/mol. The first-order chi connectivity index (χ1) is 9.56. The van der Waals surface area contributed by atoms with E-state index in [4.69, 9.17) is 5.73 Å². The van der Waals surface area contributed by atoms with Gasteiger partial charge in [-0.25, -0.2) is 13.2 Å². The van der Waals surface area contributed by atoms with Gasteiger partial charge in [-0.05, 0) is 47.6 Å². The fraction of sp³-hybridized carbons (Fsp3) is 0.250. The van der Waals surface area contributed by atoms with E-state index in [9.17, 15) is 13.2 Å². The van der Waals surface area contributed by atoms with Gasteiger partial charge in [-0.15, -0.1) is 0 Å². The van der Waals surface area contributed by atoms with E-state index in [2.05, 4.69) is 6.07 Å². The van der Waals surface area contributed by atoms with Crippen LogP contribution in [0, 0.1) is 17.5 Å². The van der Waals surface area contributed by atoms with Crippen molar-refractivity contribution in [3.63, 3.8) is 0 Å². The second-order valence-corrected chi connectivity index (χ2v) is 5.24. The summed E-state index contributed by atoms with van der Waals surface area (Å²) in [6.45, 7) is 0. The molecule has 2 N–H and O–H groups in total. The lowest BCUT2D eigenvalue weighted by Gasteiger charge is -2.32. The summed E-state index contributed by atoms with van der Waals surface area (Å²) in [5.41, 5.74) is 8.83. The molecular weight excluding hydrogens is 263 g/mol. The van der Waals surface area contributed by atoms with Crippen molar-refractivity contribution in [2.24, 2.45) is 5.73 Å². The van der Waals surface area contributed by atoms with Gasteiger partial charge in [-0.3, -0.25) is 0 Å². The van der Waals surface area contributed by atoms with Crippen molar-refractivity contribution in [2.45, 2.75) is 24.8 Å². The summed E-state index contributed by atoms with van der Waals surface area (Å²) in [6.07, 6.45) is 1.53. The Hall–Kier alpha value is -1.81. The maximum absolute atomic E-state index is 13.2. The van der Waals surface area contributed by atoms with Crippen LogP contribution in [0.4, 0.5) is 13.2 Å². The van der Waals surface area contributed by atoms with Gasteiger partial charge in [0.2, 0.25) is 0 Å². The van der Waals surface area contributed by atoms with Gasteiger partial charge in [0.25, 0.3) is 0 Å². The van der Waals surface area contributed by atoms with Crippen LogP contribution in [0.15, 0.2) is 36.4 Å². The van der Waals surface area contributed by atoms with Gasteiger partial charge < -0.3 is 5.73 Å². The quantitative estimate of drug-likeness (QED) is 0.848. The first kappa shape index (κ1) is 13.2. The predicted octanol–water partition coefficient (Wildman–Crippen LogP) is 3.83. The molecule has 0 amide bonds. The first-order valence-corrected chi connectivity index (χ1v) is 6.54. The summed E-state index contributed by atoms with van der Waals surface area (Å²) in [4.78, 5) is 0. The van der Waals surface area contributed by atoms with Gasteiger partial charge in [0, 0.05) is 6.04 Å². The number of benzene rings is 2. The maximum Gasteiger partial charge on any atom is 0.194 e. The Morgan fingerprint density at radius 3 is 2.40 bits per heavy atom. The van der Waals surface area contributed by atoms with Gasteiger partial charge in [-0.2, -0.15) is 0 Å². The molecule has 2 aromatic carbocycles. The topological polar surface area (TPSA) is 26.0 Å². The minimum atomic E-state index is -1.45. The van der Waals surface area contributed by atoms with Crippen LogP contribution in [0.1, 0.15) is 35.1 Å². The summed E-state index contributed by atoms with van der Waals surface area (Å²) >= 11 is 0. The molecule has 0 saturated carbocycles. The Morgan fingerprint density at radius 1 is 1.10 bits per heavy atom. The lowest BCUT2D eigenvalue weighted by molar-refractivity contribution is 0.438. The molecule has 1 aliphatic rings. The van der Waals surface area contributed by atoms with Crippen molar-refractivity contribution in [2.75, 3.05) is 0 Å². The van der Waals surface area contributed by atoms with E-state index in [0.29, 0.717) is 17.9 Å². The molecule has 20 heavy (non-hydrogen) atoms. The molecule has 2 atom stereocenters. The SMILES string of the molecule is NC(CC1Cc2ccccc21)c1cc(F)c(F)c(F)c1. The summed E-state index contributed by atoms with van der Waals surface area (Å²) in [7, 11) is 0. The second kappa shape index (κ2) is 4.94. The van der Waals surface area contributed by atoms with Crippen molar-refractivity contribution in [1.29, 1.82) is 0 Å². The zero-order chi connectivity index (χ0) is 14.3. The third-order valence-corrected chi connectivity index (χ3v) is 3.93. The Kier molecular flexibility index (Phi) is 3.26. The summed E-state index contributed by atoms with van der Waals surface area (Å²) < 4.78 is 39.3. The maximum atomic E-state index is 13.2. The van der Waals surface area contributed by atoms with Crippen LogP contribution >= 0.6 is 0 Å². The van der Waals surface area contributed by atoms with Crippen molar-refractivity contribution in [1.82, 2.24) is 0 Å². The molecule has 1 aliphatic carbocycles. The Bertz CT molecular complexity index is 631. The number of rotatable bonds is 3. The minimum Gasteiger partial charge on any atom is -0.324 e. The average Bonchev–Trinajstić information content (AvgIpc) is 2.41. The van der Waals surface area contributed by atoms with Gasteiger partial charge in [0.15, 0.2) is 17.5 Å². The summed E-state index contributed by atoms with van der Waals surface area (Å²) in [5.74, 6) is -3.53. The minimum absolute atomic E-state index is 0.297. The molecule has 0 radical (unpaired) electrons. The van der Waals surface area contributed by atoms with E-state index in [1.165, 1.54) is 11.1 Å². The molecule has 3 rings (SSSR count). The van der Waals surface area contributed by atoms with Crippen molar-refractivity contribution in [3.8, 4) is 0 Å². The predicted molar refractivity (Wildman–Crippen MR) is 70.7 cm³/mol. The highest BCUT2D eigenvalue weighted by Crippen LogP contribution is 2.40. The van der Waals surface area contributed by atoms with Crippen LogP contribution in [0.3, 0.4) is 0 Å². The highest BCUT2D eigenvalue weighted by molar-refractivity contribution is 5.40. The molecule has 0 bridgehead atoms. The highest BCUT2D eigenvalue weighted by atomic mass is 19.2. The number of hydrogen-bond acceptors (Lipinski definition) is 1. The summed E-state index contributed by atoms with van der Waals surface area (Å²) in [6, 6.07) is 9.52. The number of halogens is 3. The molecule has 2 unspecified atom stereocenters. The Morgan fingerprint density at radius 2 is 1.75 bits per heavy atom. The molecule has 0 saturated heterocycles. The van der Waals surface area contributed by atoms with Gasteiger partial charge >= 0.3 is 0 Å². The molecular formula is C16H14F3N. The number of nitrogens with two attached hydrogens (primary N) is 1. The van der Waals surface area contributed by atoms with Gasteiger partial charge in [0.05, 0.1) is 0 Å². The smallest absolute Gasteiger partial charge is 0.194 e. The molecule has 4 heteroatoms. The largest absolute Gasteiger partial charge is 0.324 e.